The van der Waals surface area contributed by atoms with E-state index in [0.29, 0.717) is 25.8 Å². The smallest absolute Gasteiger partial charge is 0.294 e. The second kappa shape index (κ2) is 6.05. The normalized spacial score (nSPS) is 26.2. The lowest BCUT2D eigenvalue weighted by Crippen LogP contribution is -2.42. The van der Waals surface area contributed by atoms with Crippen molar-refractivity contribution in [2.24, 2.45) is 0 Å². The summed E-state index contributed by atoms with van der Waals surface area (Å²) < 4.78 is 4.75. The Kier molecular flexibility index (Phi) is 5.01. The minimum atomic E-state index is -0.240. The molecule has 5 nitrogen and oxygen atoms in total. The van der Waals surface area contributed by atoms with Gasteiger partial charge in [0.15, 0.2) is 0 Å². The van der Waals surface area contributed by atoms with Crippen LogP contribution < -0.4 is 5.32 Å². The van der Waals surface area contributed by atoms with Gasteiger partial charge in [-0.1, -0.05) is 0 Å². The number of carbonyl (C=O) groups is 1. The Bertz CT molecular complexity index is 199. The zero-order valence-electron chi connectivity index (χ0n) is 9.35. The lowest BCUT2D eigenvalue weighted by Gasteiger charge is -2.27. The van der Waals surface area contributed by atoms with Gasteiger partial charge in [0.05, 0.1) is 6.10 Å². The van der Waals surface area contributed by atoms with Crippen molar-refractivity contribution in [3.8, 4) is 0 Å². The van der Waals surface area contributed by atoms with Crippen LogP contribution in [0.3, 0.4) is 0 Å². The van der Waals surface area contributed by atoms with Crippen LogP contribution in [0.1, 0.15) is 20.3 Å². The Balaban J connectivity index is 2.33. The summed E-state index contributed by atoms with van der Waals surface area (Å²) in [5, 5.41) is 12.6. The van der Waals surface area contributed by atoms with Gasteiger partial charge in [-0.25, -0.2) is 0 Å². The van der Waals surface area contributed by atoms with Crippen LogP contribution in [-0.2, 0) is 9.53 Å². The van der Waals surface area contributed by atoms with E-state index in [-0.39, 0.29) is 12.1 Å². The van der Waals surface area contributed by atoms with Crippen LogP contribution in [0.25, 0.3) is 0 Å². The molecule has 0 radical (unpaired) electrons. The van der Waals surface area contributed by atoms with E-state index in [1.807, 2.05) is 0 Å². The van der Waals surface area contributed by atoms with Gasteiger partial charge in [0, 0.05) is 25.2 Å². The Morgan fingerprint density at radius 2 is 2.40 bits per heavy atom. The van der Waals surface area contributed by atoms with E-state index < -0.39 is 0 Å². The van der Waals surface area contributed by atoms with Gasteiger partial charge in [0.25, 0.3) is 6.47 Å². The molecule has 15 heavy (non-hydrogen) atoms. The van der Waals surface area contributed by atoms with Crippen molar-refractivity contribution in [2.75, 3.05) is 19.8 Å². The van der Waals surface area contributed by atoms with E-state index in [2.05, 4.69) is 24.1 Å². The Labute approximate surface area is 90.4 Å². The summed E-state index contributed by atoms with van der Waals surface area (Å²) in [6, 6.07) is 0.613. The number of aliphatic hydroxyl groups excluding tert-OH is 1. The van der Waals surface area contributed by atoms with Crippen LogP contribution in [-0.4, -0.2) is 54.5 Å². The van der Waals surface area contributed by atoms with Crippen molar-refractivity contribution >= 4 is 6.47 Å². The van der Waals surface area contributed by atoms with Crippen LogP contribution in [0, 0.1) is 0 Å². The molecule has 1 aliphatic heterocycles. The third kappa shape index (κ3) is 4.15. The maximum Gasteiger partial charge on any atom is 0.294 e. The van der Waals surface area contributed by atoms with Crippen molar-refractivity contribution in [3.05, 3.63) is 0 Å². The fraction of sp³-hybridized carbons (Fsp3) is 0.900. The van der Waals surface area contributed by atoms with Gasteiger partial charge < -0.3 is 15.2 Å². The maximum atomic E-state index is 10.1. The molecule has 0 amide bonds. The summed E-state index contributed by atoms with van der Waals surface area (Å²) in [6.07, 6.45) is 0.528. The van der Waals surface area contributed by atoms with Crippen molar-refractivity contribution in [3.63, 3.8) is 0 Å². The van der Waals surface area contributed by atoms with E-state index in [1.54, 1.807) is 0 Å². The lowest BCUT2D eigenvalue weighted by atomic mass is 10.2. The van der Waals surface area contributed by atoms with Crippen LogP contribution in [0.4, 0.5) is 0 Å². The molecule has 2 N–H and O–H groups in total. The SMILES string of the molecule is CC(C)N(COC=O)CC1CC(O)CN1. The van der Waals surface area contributed by atoms with Crippen molar-refractivity contribution in [1.29, 1.82) is 0 Å². The highest BCUT2D eigenvalue weighted by Crippen LogP contribution is 2.09. The molecule has 0 aliphatic carbocycles. The summed E-state index contributed by atoms with van der Waals surface area (Å²) in [5.74, 6) is 0. The highest BCUT2D eigenvalue weighted by Gasteiger charge is 2.24. The quantitative estimate of drug-likeness (QED) is 0.465. The highest BCUT2D eigenvalue weighted by molar-refractivity contribution is 5.36. The number of nitrogens with zero attached hydrogens (tertiary/aromatic N) is 1. The Hall–Kier alpha value is -0.650. The molecule has 0 saturated carbocycles. The first-order valence-corrected chi connectivity index (χ1v) is 5.34. The van der Waals surface area contributed by atoms with E-state index in [1.165, 1.54) is 0 Å². The molecule has 0 aromatic carbocycles. The standard InChI is InChI=1S/C10H20N2O3/c1-8(2)12(6-15-7-13)5-9-3-10(14)4-11-9/h7-11,14H,3-6H2,1-2H3. The molecule has 1 rings (SSSR count). The van der Waals surface area contributed by atoms with Gasteiger partial charge in [-0.15, -0.1) is 0 Å². The number of nitrogens with one attached hydrogen (secondary N) is 1. The van der Waals surface area contributed by atoms with Crippen LogP contribution in [0.5, 0.6) is 0 Å². The third-order valence-electron chi connectivity index (χ3n) is 2.69. The molecule has 0 aromatic rings. The molecular weight excluding hydrogens is 196 g/mol. The van der Waals surface area contributed by atoms with Crippen molar-refractivity contribution in [2.45, 2.75) is 38.5 Å². The second-order valence-corrected chi connectivity index (χ2v) is 4.25. The maximum absolute atomic E-state index is 10.1. The van der Waals surface area contributed by atoms with E-state index in [4.69, 9.17) is 4.74 Å². The van der Waals surface area contributed by atoms with E-state index in [9.17, 15) is 9.90 Å². The molecule has 2 atom stereocenters. The lowest BCUT2D eigenvalue weighted by molar-refractivity contribution is -0.134. The molecule has 0 bridgehead atoms. The fourth-order valence-electron chi connectivity index (χ4n) is 1.76. The second-order valence-electron chi connectivity index (χ2n) is 4.25. The van der Waals surface area contributed by atoms with Gasteiger partial charge in [-0.05, 0) is 20.3 Å². The highest BCUT2D eigenvalue weighted by atomic mass is 16.5. The minimum absolute atomic E-state index is 0.240. The van der Waals surface area contributed by atoms with E-state index in [0.717, 1.165) is 13.0 Å². The average Bonchev–Trinajstić information content (AvgIpc) is 2.58. The first-order valence-electron chi connectivity index (χ1n) is 5.34. The Morgan fingerprint density at radius 1 is 1.67 bits per heavy atom. The molecule has 0 aromatic heterocycles. The van der Waals surface area contributed by atoms with Crippen LogP contribution in [0.2, 0.25) is 0 Å². The molecule has 0 spiro atoms. The van der Waals surface area contributed by atoms with Gasteiger partial charge >= 0.3 is 0 Å². The summed E-state index contributed by atoms with van der Waals surface area (Å²) in [5.41, 5.74) is 0. The molecule has 1 fully saturated rings. The van der Waals surface area contributed by atoms with Crippen molar-refractivity contribution < 1.29 is 14.6 Å². The zero-order chi connectivity index (χ0) is 11.3. The first-order chi connectivity index (χ1) is 7.13. The molecule has 5 heteroatoms. The van der Waals surface area contributed by atoms with E-state index >= 15 is 0 Å². The van der Waals surface area contributed by atoms with Gasteiger partial charge in [-0.3, -0.25) is 9.69 Å². The average molecular weight is 216 g/mol. The molecule has 2 unspecified atom stereocenters. The number of β-amino-alcohol motifs (C(OH)–C–C–N with tert-alkyl or cyclic N) is 1. The topological polar surface area (TPSA) is 61.8 Å². The third-order valence-corrected chi connectivity index (χ3v) is 2.69. The number of carbonyl (C=O) groups excluding carboxylic acids is 1. The fourth-order valence-corrected chi connectivity index (χ4v) is 1.76. The predicted octanol–water partition coefficient (Wildman–Crippen LogP) is -0.450. The van der Waals surface area contributed by atoms with Crippen LogP contribution >= 0.6 is 0 Å². The summed E-state index contributed by atoms with van der Waals surface area (Å²) >= 11 is 0. The Morgan fingerprint density at radius 3 is 2.87 bits per heavy atom. The minimum Gasteiger partial charge on any atom is -0.452 e. The van der Waals surface area contributed by atoms with Gasteiger partial charge in [0.2, 0.25) is 0 Å². The summed E-state index contributed by atoms with van der Waals surface area (Å²) in [4.78, 5) is 12.2. The number of hydrogen-bond acceptors (Lipinski definition) is 5. The zero-order valence-corrected chi connectivity index (χ0v) is 9.35. The van der Waals surface area contributed by atoms with Crippen LogP contribution in [0.15, 0.2) is 0 Å². The molecule has 1 saturated heterocycles. The number of rotatable bonds is 6. The number of ether oxygens (including phenoxy) is 1. The van der Waals surface area contributed by atoms with Gasteiger partial charge in [0.1, 0.15) is 6.73 Å². The van der Waals surface area contributed by atoms with Crippen molar-refractivity contribution in [1.82, 2.24) is 10.2 Å². The predicted molar refractivity (Wildman–Crippen MR) is 56.3 cm³/mol. The number of aliphatic hydroxyl groups is 1. The molecule has 1 heterocycles. The summed E-state index contributed by atoms with van der Waals surface area (Å²) in [7, 11) is 0. The monoisotopic (exact) mass is 216 g/mol. The molecule has 1 aliphatic rings. The summed E-state index contributed by atoms with van der Waals surface area (Å²) in [6.45, 7) is 6.34. The molecular formula is C10H20N2O3. The number of hydrogen-bond donors (Lipinski definition) is 2. The first kappa shape index (κ1) is 12.4. The van der Waals surface area contributed by atoms with Gasteiger partial charge in [-0.2, -0.15) is 0 Å². The molecule has 88 valence electrons. The largest absolute Gasteiger partial charge is 0.452 e.